The van der Waals surface area contributed by atoms with E-state index in [9.17, 15) is 0 Å². The minimum Gasteiger partial charge on any atom is -0.295 e. The summed E-state index contributed by atoms with van der Waals surface area (Å²) in [4.78, 5) is 11.2. The van der Waals surface area contributed by atoms with Crippen LogP contribution in [0.25, 0.3) is 0 Å². The van der Waals surface area contributed by atoms with E-state index in [-0.39, 0.29) is 0 Å². The molecule has 5 heteroatoms. The van der Waals surface area contributed by atoms with Crippen LogP contribution in [0.15, 0.2) is 24.7 Å². The molecule has 0 bridgehead atoms. The number of aromatic nitrogens is 4. The Kier molecular flexibility index (Phi) is 3.06. The molecule has 0 atom stereocenters. The lowest BCUT2D eigenvalue weighted by Gasteiger charge is -2.27. The summed E-state index contributed by atoms with van der Waals surface area (Å²) in [7, 11) is 0. The summed E-state index contributed by atoms with van der Waals surface area (Å²) in [5.74, 6) is 0.864. The van der Waals surface area contributed by atoms with Crippen LogP contribution in [0.1, 0.15) is 17.1 Å². The second-order valence-corrected chi connectivity index (χ2v) is 4.68. The molecule has 0 saturated heterocycles. The molecule has 0 N–H and O–H groups in total. The first-order valence-electron chi connectivity index (χ1n) is 6.32. The van der Waals surface area contributed by atoms with Crippen LogP contribution in [-0.2, 0) is 19.5 Å². The van der Waals surface area contributed by atoms with Gasteiger partial charge in [-0.25, -0.2) is 9.97 Å². The van der Waals surface area contributed by atoms with Crippen LogP contribution >= 0.6 is 0 Å². The van der Waals surface area contributed by atoms with Gasteiger partial charge in [-0.2, -0.15) is 5.10 Å². The fourth-order valence-electron chi connectivity index (χ4n) is 2.32. The third-order valence-electron chi connectivity index (χ3n) is 3.35. The summed E-state index contributed by atoms with van der Waals surface area (Å²) in [6.45, 7) is 5.92. The van der Waals surface area contributed by atoms with Gasteiger partial charge in [0, 0.05) is 38.2 Å². The Morgan fingerprint density at radius 2 is 2.28 bits per heavy atom. The molecule has 3 heterocycles. The molecule has 0 spiro atoms. The number of hydrogen-bond acceptors (Lipinski definition) is 4. The van der Waals surface area contributed by atoms with Gasteiger partial charge in [-0.15, -0.1) is 0 Å². The van der Waals surface area contributed by atoms with Crippen molar-refractivity contribution < 1.29 is 0 Å². The van der Waals surface area contributed by atoms with E-state index in [4.69, 9.17) is 0 Å². The van der Waals surface area contributed by atoms with Crippen LogP contribution in [0.3, 0.4) is 0 Å². The number of hydrogen-bond donors (Lipinski definition) is 0. The molecule has 0 fully saturated rings. The second kappa shape index (κ2) is 4.86. The van der Waals surface area contributed by atoms with Gasteiger partial charge in [0.2, 0.25) is 0 Å². The molecule has 0 unspecified atom stereocenters. The fraction of sp³-hybridized carbons (Fsp3) is 0.462. The number of fused-ring (bicyclic) bond motifs is 1. The Bertz CT molecular complexity index is 520. The highest BCUT2D eigenvalue weighted by Gasteiger charge is 2.17. The molecule has 94 valence electrons. The summed E-state index contributed by atoms with van der Waals surface area (Å²) >= 11 is 0. The standard InChI is InChI=1S/C13H17N5/c1-11-14-9-12-3-6-17(10-13(12)16-11)7-8-18-5-2-4-15-18/h2,4-5,9H,3,6-8,10H2,1H3. The first kappa shape index (κ1) is 11.3. The smallest absolute Gasteiger partial charge is 0.125 e. The van der Waals surface area contributed by atoms with E-state index in [0.717, 1.165) is 38.4 Å². The highest BCUT2D eigenvalue weighted by Crippen LogP contribution is 2.15. The van der Waals surface area contributed by atoms with Gasteiger partial charge >= 0.3 is 0 Å². The molecule has 5 nitrogen and oxygen atoms in total. The van der Waals surface area contributed by atoms with E-state index in [2.05, 4.69) is 20.0 Å². The van der Waals surface area contributed by atoms with Crippen LogP contribution < -0.4 is 0 Å². The monoisotopic (exact) mass is 243 g/mol. The molecule has 18 heavy (non-hydrogen) atoms. The van der Waals surface area contributed by atoms with Gasteiger partial charge in [0.1, 0.15) is 5.82 Å². The molecule has 1 aliphatic rings. The Balaban J connectivity index is 1.63. The zero-order chi connectivity index (χ0) is 12.4. The quantitative estimate of drug-likeness (QED) is 0.808. The highest BCUT2D eigenvalue weighted by molar-refractivity contribution is 5.20. The van der Waals surface area contributed by atoms with E-state index in [1.807, 2.05) is 36.3 Å². The van der Waals surface area contributed by atoms with Crippen molar-refractivity contribution in [3.63, 3.8) is 0 Å². The predicted molar refractivity (Wildman–Crippen MR) is 68.0 cm³/mol. The highest BCUT2D eigenvalue weighted by atomic mass is 15.3. The molecule has 0 saturated carbocycles. The van der Waals surface area contributed by atoms with Gasteiger partial charge in [0.15, 0.2) is 0 Å². The Labute approximate surface area is 106 Å². The van der Waals surface area contributed by atoms with Crippen molar-refractivity contribution in [2.24, 2.45) is 0 Å². The molecular weight excluding hydrogens is 226 g/mol. The minimum atomic E-state index is 0.864. The van der Waals surface area contributed by atoms with Crippen molar-refractivity contribution in [3.05, 3.63) is 41.7 Å². The summed E-state index contributed by atoms with van der Waals surface area (Å²) in [5, 5.41) is 4.22. The van der Waals surface area contributed by atoms with Crippen molar-refractivity contribution in [2.45, 2.75) is 26.4 Å². The Hall–Kier alpha value is -1.75. The van der Waals surface area contributed by atoms with Crippen molar-refractivity contribution >= 4 is 0 Å². The molecule has 0 amide bonds. The van der Waals surface area contributed by atoms with E-state index in [0.29, 0.717) is 0 Å². The maximum Gasteiger partial charge on any atom is 0.125 e. The average Bonchev–Trinajstić information content (AvgIpc) is 2.89. The van der Waals surface area contributed by atoms with E-state index in [1.54, 1.807) is 0 Å². The van der Waals surface area contributed by atoms with Crippen molar-refractivity contribution in [1.82, 2.24) is 24.6 Å². The van der Waals surface area contributed by atoms with Crippen LogP contribution in [-0.4, -0.2) is 37.7 Å². The van der Waals surface area contributed by atoms with Gasteiger partial charge in [0.05, 0.1) is 12.2 Å². The van der Waals surface area contributed by atoms with Gasteiger partial charge < -0.3 is 0 Å². The van der Waals surface area contributed by atoms with Crippen molar-refractivity contribution in [3.8, 4) is 0 Å². The third kappa shape index (κ3) is 2.41. The molecule has 3 rings (SSSR count). The van der Waals surface area contributed by atoms with E-state index >= 15 is 0 Å². The largest absolute Gasteiger partial charge is 0.295 e. The Morgan fingerprint density at radius 1 is 1.33 bits per heavy atom. The van der Waals surface area contributed by atoms with Crippen LogP contribution in [0, 0.1) is 6.92 Å². The van der Waals surface area contributed by atoms with Crippen molar-refractivity contribution in [1.29, 1.82) is 0 Å². The minimum absolute atomic E-state index is 0.864. The summed E-state index contributed by atoms with van der Waals surface area (Å²) in [6.07, 6.45) is 6.85. The number of rotatable bonds is 3. The van der Waals surface area contributed by atoms with Crippen LogP contribution in [0.5, 0.6) is 0 Å². The number of aryl methyl sites for hydroxylation is 1. The van der Waals surface area contributed by atoms with Crippen LogP contribution in [0.4, 0.5) is 0 Å². The first-order valence-corrected chi connectivity index (χ1v) is 6.32. The maximum atomic E-state index is 4.53. The molecule has 0 aliphatic carbocycles. The third-order valence-corrected chi connectivity index (χ3v) is 3.35. The number of nitrogens with zero attached hydrogens (tertiary/aromatic N) is 5. The lowest BCUT2D eigenvalue weighted by molar-refractivity contribution is 0.236. The molecular formula is C13H17N5. The summed E-state index contributed by atoms with van der Waals surface area (Å²) in [5.41, 5.74) is 2.49. The lowest BCUT2D eigenvalue weighted by Crippen LogP contribution is -2.34. The SMILES string of the molecule is Cc1ncc2c(n1)CN(CCn1cccn1)CC2. The molecule has 2 aromatic rings. The fourth-order valence-corrected chi connectivity index (χ4v) is 2.32. The molecule has 0 aromatic carbocycles. The topological polar surface area (TPSA) is 46.8 Å². The summed E-state index contributed by atoms with van der Waals surface area (Å²) < 4.78 is 1.97. The van der Waals surface area contributed by atoms with Gasteiger partial charge in [-0.3, -0.25) is 9.58 Å². The van der Waals surface area contributed by atoms with Crippen LogP contribution in [0.2, 0.25) is 0 Å². The summed E-state index contributed by atoms with van der Waals surface area (Å²) in [6, 6.07) is 1.96. The maximum absolute atomic E-state index is 4.53. The van der Waals surface area contributed by atoms with E-state index < -0.39 is 0 Å². The average molecular weight is 243 g/mol. The normalized spacial score (nSPS) is 15.6. The first-order chi connectivity index (χ1) is 8.81. The van der Waals surface area contributed by atoms with Gasteiger partial charge in [0.25, 0.3) is 0 Å². The van der Waals surface area contributed by atoms with Gasteiger partial charge in [-0.05, 0) is 25.0 Å². The van der Waals surface area contributed by atoms with Gasteiger partial charge in [-0.1, -0.05) is 0 Å². The zero-order valence-corrected chi connectivity index (χ0v) is 10.6. The second-order valence-electron chi connectivity index (χ2n) is 4.68. The molecule has 1 aliphatic heterocycles. The Morgan fingerprint density at radius 3 is 3.11 bits per heavy atom. The predicted octanol–water partition coefficient (Wildman–Crippen LogP) is 1.04. The van der Waals surface area contributed by atoms with Crippen molar-refractivity contribution in [2.75, 3.05) is 13.1 Å². The zero-order valence-electron chi connectivity index (χ0n) is 10.6. The molecule has 2 aromatic heterocycles. The van der Waals surface area contributed by atoms with E-state index in [1.165, 1.54) is 11.3 Å². The molecule has 0 radical (unpaired) electrons. The lowest BCUT2D eigenvalue weighted by atomic mass is 10.1.